The van der Waals surface area contributed by atoms with Crippen LogP contribution in [-0.4, -0.2) is 46.1 Å². The zero-order valence-electron chi connectivity index (χ0n) is 16.8. The van der Waals surface area contributed by atoms with E-state index in [0.717, 1.165) is 41.9 Å². The monoisotopic (exact) mass is 383 g/mol. The first kappa shape index (κ1) is 20.1. The van der Waals surface area contributed by atoms with Crippen molar-refractivity contribution in [3.8, 4) is 5.69 Å². The Hall–Kier alpha value is -2.67. The molecule has 0 saturated carbocycles. The lowest BCUT2D eigenvalue weighted by Gasteiger charge is -2.31. The summed E-state index contributed by atoms with van der Waals surface area (Å²) in [6.07, 6.45) is 3.55. The number of amides is 2. The summed E-state index contributed by atoms with van der Waals surface area (Å²) in [6, 6.07) is 7.96. The lowest BCUT2D eigenvalue weighted by Crippen LogP contribution is -2.46. The highest BCUT2D eigenvalue weighted by Crippen LogP contribution is 2.23. The highest BCUT2D eigenvalue weighted by atomic mass is 16.2. The van der Waals surface area contributed by atoms with Crippen molar-refractivity contribution in [3.05, 3.63) is 47.3 Å². The van der Waals surface area contributed by atoms with Crippen LogP contribution in [0.4, 0.5) is 0 Å². The van der Waals surface area contributed by atoms with Gasteiger partial charge >= 0.3 is 0 Å². The number of primary amides is 1. The van der Waals surface area contributed by atoms with Crippen molar-refractivity contribution < 1.29 is 9.59 Å². The molecule has 7 heteroatoms. The molecule has 7 nitrogen and oxygen atoms in total. The molecule has 0 bridgehead atoms. The molecule has 1 aliphatic heterocycles. The van der Waals surface area contributed by atoms with Crippen LogP contribution in [0.15, 0.2) is 30.5 Å². The number of nitrogens with zero attached hydrogens (tertiary/aromatic N) is 3. The zero-order valence-corrected chi connectivity index (χ0v) is 16.8. The Balaban J connectivity index is 1.68. The van der Waals surface area contributed by atoms with E-state index in [1.165, 1.54) is 0 Å². The van der Waals surface area contributed by atoms with E-state index in [0.29, 0.717) is 6.54 Å². The highest BCUT2D eigenvalue weighted by molar-refractivity contribution is 5.80. The molecule has 0 spiro atoms. The number of aromatic nitrogens is 2. The number of nitrogens with one attached hydrogen (secondary N) is 1. The van der Waals surface area contributed by atoms with Gasteiger partial charge in [-0.25, -0.2) is 4.68 Å². The molecule has 2 unspecified atom stereocenters. The lowest BCUT2D eigenvalue weighted by atomic mass is 9.96. The molecular weight excluding hydrogens is 354 g/mol. The number of piperidine rings is 1. The van der Waals surface area contributed by atoms with Gasteiger partial charge in [0, 0.05) is 17.8 Å². The highest BCUT2D eigenvalue weighted by Gasteiger charge is 2.28. The molecule has 1 aliphatic rings. The van der Waals surface area contributed by atoms with E-state index < -0.39 is 0 Å². The lowest BCUT2D eigenvalue weighted by molar-refractivity contribution is -0.128. The van der Waals surface area contributed by atoms with Gasteiger partial charge in [0.2, 0.25) is 11.8 Å². The predicted molar refractivity (Wildman–Crippen MR) is 108 cm³/mol. The van der Waals surface area contributed by atoms with E-state index >= 15 is 0 Å². The summed E-state index contributed by atoms with van der Waals surface area (Å²) in [5.41, 5.74) is 9.49. The van der Waals surface area contributed by atoms with Gasteiger partial charge in [-0.3, -0.25) is 14.5 Å². The van der Waals surface area contributed by atoms with Crippen molar-refractivity contribution in [2.24, 2.45) is 11.7 Å². The van der Waals surface area contributed by atoms with Crippen LogP contribution in [0, 0.1) is 19.8 Å². The average Bonchev–Trinajstić information content (AvgIpc) is 3.03. The molecule has 2 amide bonds. The van der Waals surface area contributed by atoms with Gasteiger partial charge in [0.05, 0.1) is 30.4 Å². The number of para-hydroxylation sites is 1. The Kier molecular flexibility index (Phi) is 6.14. The average molecular weight is 383 g/mol. The zero-order chi connectivity index (χ0) is 20.3. The number of carbonyl (C=O) groups excluding carboxylic acids is 2. The number of aryl methyl sites for hydroxylation is 1. The van der Waals surface area contributed by atoms with Crippen molar-refractivity contribution in [1.82, 2.24) is 20.0 Å². The maximum absolute atomic E-state index is 12.8. The molecule has 3 N–H and O–H groups in total. The first-order valence-electron chi connectivity index (χ1n) is 9.78. The van der Waals surface area contributed by atoms with Crippen LogP contribution in [0.3, 0.4) is 0 Å². The van der Waals surface area contributed by atoms with E-state index in [1.54, 1.807) is 0 Å². The quantitative estimate of drug-likeness (QED) is 0.796. The summed E-state index contributed by atoms with van der Waals surface area (Å²) >= 11 is 0. The van der Waals surface area contributed by atoms with E-state index in [2.05, 4.69) is 23.4 Å². The van der Waals surface area contributed by atoms with Gasteiger partial charge in [0.1, 0.15) is 0 Å². The predicted octanol–water partition coefficient (Wildman–Crippen LogP) is 1.86. The Bertz CT molecular complexity index is 860. The summed E-state index contributed by atoms with van der Waals surface area (Å²) in [6.45, 7) is 7.65. The molecule has 1 aromatic carbocycles. The number of hydrogen-bond donors (Lipinski definition) is 2. The second kappa shape index (κ2) is 8.56. The number of rotatable bonds is 6. The van der Waals surface area contributed by atoms with Gasteiger partial charge in [-0.2, -0.15) is 5.10 Å². The molecule has 1 aromatic heterocycles. The number of hydrogen-bond acceptors (Lipinski definition) is 4. The molecular formula is C21H29N5O2. The topological polar surface area (TPSA) is 93.2 Å². The van der Waals surface area contributed by atoms with E-state index in [9.17, 15) is 9.59 Å². The van der Waals surface area contributed by atoms with Crippen LogP contribution in [0.2, 0.25) is 0 Å². The van der Waals surface area contributed by atoms with E-state index in [-0.39, 0.29) is 30.3 Å². The van der Waals surface area contributed by atoms with Crippen molar-refractivity contribution in [3.63, 3.8) is 0 Å². The van der Waals surface area contributed by atoms with Crippen LogP contribution < -0.4 is 11.1 Å². The van der Waals surface area contributed by atoms with Crippen molar-refractivity contribution in [1.29, 1.82) is 0 Å². The molecule has 28 heavy (non-hydrogen) atoms. The van der Waals surface area contributed by atoms with Gasteiger partial charge in [0.15, 0.2) is 0 Å². The molecule has 2 heterocycles. The van der Waals surface area contributed by atoms with E-state index in [4.69, 9.17) is 5.73 Å². The van der Waals surface area contributed by atoms with Gasteiger partial charge < -0.3 is 11.1 Å². The molecule has 150 valence electrons. The molecule has 1 saturated heterocycles. The number of nitrogens with two attached hydrogens (primary N) is 1. The maximum atomic E-state index is 12.8. The standard InChI is InChI=1S/C21H29N5O2/c1-14-7-4-5-9-19(14)26-16(3)18(11-23-26)15(2)24-21(28)17-8-6-10-25(12-17)13-20(22)27/h4-5,7,9,11,15,17H,6,8,10,12-13H2,1-3H3,(H2,22,27)(H,24,28). The summed E-state index contributed by atoms with van der Waals surface area (Å²) < 4.78 is 1.92. The fourth-order valence-corrected chi connectivity index (χ4v) is 3.93. The maximum Gasteiger partial charge on any atom is 0.231 e. The number of benzene rings is 1. The Morgan fingerprint density at radius 3 is 2.79 bits per heavy atom. The summed E-state index contributed by atoms with van der Waals surface area (Å²) in [5.74, 6) is -0.458. The van der Waals surface area contributed by atoms with Crippen LogP contribution in [0.5, 0.6) is 0 Å². The van der Waals surface area contributed by atoms with Crippen LogP contribution >= 0.6 is 0 Å². The van der Waals surface area contributed by atoms with Crippen LogP contribution in [0.25, 0.3) is 5.69 Å². The van der Waals surface area contributed by atoms with E-state index in [1.807, 2.05) is 47.8 Å². The SMILES string of the molecule is Cc1ccccc1-n1ncc(C(C)NC(=O)C2CCCN(CC(N)=O)C2)c1C. The minimum Gasteiger partial charge on any atom is -0.369 e. The summed E-state index contributed by atoms with van der Waals surface area (Å²) in [4.78, 5) is 25.9. The van der Waals surface area contributed by atoms with Gasteiger partial charge in [-0.15, -0.1) is 0 Å². The van der Waals surface area contributed by atoms with Crippen LogP contribution in [0.1, 0.15) is 42.6 Å². The fourth-order valence-electron chi connectivity index (χ4n) is 3.93. The minimum atomic E-state index is -0.353. The Morgan fingerprint density at radius 1 is 1.32 bits per heavy atom. The third kappa shape index (κ3) is 4.42. The second-order valence-electron chi connectivity index (χ2n) is 7.65. The molecule has 0 aliphatic carbocycles. The number of likely N-dealkylation sites (tertiary alicyclic amines) is 1. The van der Waals surface area contributed by atoms with Crippen LogP contribution in [-0.2, 0) is 9.59 Å². The Morgan fingerprint density at radius 2 is 2.07 bits per heavy atom. The van der Waals surface area contributed by atoms with Gasteiger partial charge in [-0.05, 0) is 51.8 Å². The van der Waals surface area contributed by atoms with Gasteiger partial charge in [-0.1, -0.05) is 18.2 Å². The molecule has 2 atom stereocenters. The van der Waals surface area contributed by atoms with Crippen molar-refractivity contribution >= 4 is 11.8 Å². The molecule has 3 rings (SSSR count). The van der Waals surface area contributed by atoms with Gasteiger partial charge in [0.25, 0.3) is 0 Å². The smallest absolute Gasteiger partial charge is 0.231 e. The number of carbonyl (C=O) groups is 2. The third-order valence-corrected chi connectivity index (χ3v) is 5.47. The minimum absolute atomic E-state index is 0.0183. The molecule has 2 aromatic rings. The fraction of sp³-hybridized carbons (Fsp3) is 0.476. The summed E-state index contributed by atoms with van der Waals surface area (Å²) in [5, 5.41) is 7.66. The van der Waals surface area contributed by atoms with Crippen molar-refractivity contribution in [2.75, 3.05) is 19.6 Å². The normalized spacial score (nSPS) is 18.6. The molecule has 0 radical (unpaired) electrons. The van der Waals surface area contributed by atoms with Crippen molar-refractivity contribution in [2.45, 2.75) is 39.7 Å². The third-order valence-electron chi connectivity index (χ3n) is 5.47. The first-order valence-corrected chi connectivity index (χ1v) is 9.78. The summed E-state index contributed by atoms with van der Waals surface area (Å²) in [7, 11) is 0. The first-order chi connectivity index (χ1) is 13.4. The Labute approximate surface area is 165 Å². The molecule has 1 fully saturated rings. The second-order valence-corrected chi connectivity index (χ2v) is 7.65. The largest absolute Gasteiger partial charge is 0.369 e.